The summed E-state index contributed by atoms with van der Waals surface area (Å²) in [6.07, 6.45) is 1.37. The molecule has 0 radical (unpaired) electrons. The fourth-order valence-corrected chi connectivity index (χ4v) is 2.58. The van der Waals surface area contributed by atoms with Crippen molar-refractivity contribution in [3.8, 4) is 5.75 Å². The van der Waals surface area contributed by atoms with Crippen molar-refractivity contribution >= 4 is 28.2 Å². The maximum atomic E-state index is 13.6. The number of benzene rings is 2. The molecule has 0 amide bonds. The molecule has 26 heavy (non-hydrogen) atoms. The van der Waals surface area contributed by atoms with Crippen molar-refractivity contribution in [1.82, 2.24) is 4.98 Å². The average Bonchev–Trinajstić information content (AvgIpc) is 2.64. The fourth-order valence-electron chi connectivity index (χ4n) is 2.58. The van der Waals surface area contributed by atoms with Crippen molar-refractivity contribution < 1.29 is 23.0 Å². The van der Waals surface area contributed by atoms with Crippen molar-refractivity contribution in [3.05, 3.63) is 59.8 Å². The maximum absolute atomic E-state index is 13.6. The number of rotatable bonds is 5. The first-order chi connectivity index (χ1) is 12.5. The van der Waals surface area contributed by atoms with Gasteiger partial charge in [-0.25, -0.2) is 13.6 Å². The summed E-state index contributed by atoms with van der Waals surface area (Å²) in [4.78, 5) is 16.6. The van der Waals surface area contributed by atoms with Gasteiger partial charge in [0.1, 0.15) is 16.8 Å². The first-order valence-corrected chi connectivity index (χ1v) is 7.90. The number of nitrogens with one attached hydrogen (secondary N) is 1. The van der Waals surface area contributed by atoms with Gasteiger partial charge in [-0.05, 0) is 25.1 Å². The molecule has 0 atom stereocenters. The summed E-state index contributed by atoms with van der Waals surface area (Å²) in [7, 11) is 1.51. The van der Waals surface area contributed by atoms with Crippen LogP contribution in [0.1, 0.15) is 17.3 Å². The molecule has 134 valence electrons. The zero-order valence-electron chi connectivity index (χ0n) is 14.2. The number of carbonyl (C=O) groups is 1. The van der Waals surface area contributed by atoms with Crippen LogP contribution in [-0.2, 0) is 4.74 Å². The van der Waals surface area contributed by atoms with Crippen molar-refractivity contribution in [2.45, 2.75) is 6.92 Å². The van der Waals surface area contributed by atoms with Gasteiger partial charge >= 0.3 is 5.97 Å². The third-order valence-corrected chi connectivity index (χ3v) is 3.76. The molecule has 0 saturated heterocycles. The Bertz CT molecular complexity index is 976. The molecule has 1 aromatic heterocycles. The number of hydrogen-bond acceptors (Lipinski definition) is 5. The van der Waals surface area contributed by atoms with Crippen LogP contribution in [-0.4, -0.2) is 24.7 Å². The van der Waals surface area contributed by atoms with Gasteiger partial charge in [-0.2, -0.15) is 0 Å². The number of anilines is 2. The van der Waals surface area contributed by atoms with E-state index < -0.39 is 17.6 Å². The smallest absolute Gasteiger partial charge is 0.341 e. The van der Waals surface area contributed by atoms with Gasteiger partial charge < -0.3 is 14.8 Å². The molecule has 0 unspecified atom stereocenters. The van der Waals surface area contributed by atoms with Crippen molar-refractivity contribution in [2.75, 3.05) is 19.0 Å². The Morgan fingerprint density at radius 2 is 2.00 bits per heavy atom. The van der Waals surface area contributed by atoms with Crippen LogP contribution in [0.4, 0.5) is 20.2 Å². The average molecular weight is 358 g/mol. The molecule has 0 aliphatic carbocycles. The predicted octanol–water partition coefficient (Wildman–Crippen LogP) is 4.44. The second kappa shape index (κ2) is 7.35. The van der Waals surface area contributed by atoms with Crippen molar-refractivity contribution in [3.63, 3.8) is 0 Å². The number of hydrogen-bond donors (Lipinski definition) is 1. The maximum Gasteiger partial charge on any atom is 0.341 e. The normalized spacial score (nSPS) is 10.6. The Hall–Kier alpha value is -3.22. The molecule has 2 aromatic carbocycles. The third kappa shape index (κ3) is 3.28. The Morgan fingerprint density at radius 1 is 1.19 bits per heavy atom. The highest BCUT2D eigenvalue weighted by atomic mass is 19.2. The second-order valence-corrected chi connectivity index (χ2v) is 5.38. The van der Waals surface area contributed by atoms with Crippen LogP contribution in [0.2, 0.25) is 0 Å². The summed E-state index contributed by atoms with van der Waals surface area (Å²) in [6.45, 7) is 1.89. The van der Waals surface area contributed by atoms with Crippen LogP contribution in [0, 0.1) is 11.6 Å². The summed E-state index contributed by atoms with van der Waals surface area (Å²) in [5, 5.41) is 3.55. The number of aromatic nitrogens is 1. The van der Waals surface area contributed by atoms with E-state index in [2.05, 4.69) is 10.3 Å². The molecule has 1 N–H and O–H groups in total. The zero-order valence-corrected chi connectivity index (χ0v) is 14.2. The number of carbonyl (C=O) groups excluding carboxylic acids is 1. The number of fused-ring (bicyclic) bond motifs is 1. The van der Waals surface area contributed by atoms with Gasteiger partial charge in [-0.15, -0.1) is 0 Å². The summed E-state index contributed by atoms with van der Waals surface area (Å²) < 4.78 is 37.1. The van der Waals surface area contributed by atoms with E-state index in [1.54, 1.807) is 25.1 Å². The Balaban J connectivity index is 2.19. The highest BCUT2D eigenvalue weighted by Gasteiger charge is 2.19. The van der Waals surface area contributed by atoms with Crippen LogP contribution < -0.4 is 10.1 Å². The summed E-state index contributed by atoms with van der Waals surface area (Å²) >= 11 is 0. The Kier molecular flexibility index (Phi) is 4.97. The monoisotopic (exact) mass is 358 g/mol. The molecule has 0 saturated carbocycles. The number of ether oxygens (including phenoxy) is 2. The first kappa shape index (κ1) is 17.6. The van der Waals surface area contributed by atoms with Crippen LogP contribution in [0.15, 0.2) is 42.6 Å². The van der Waals surface area contributed by atoms with E-state index in [9.17, 15) is 13.6 Å². The number of halogens is 2. The molecule has 0 fully saturated rings. The molecule has 0 aliphatic rings. The number of pyridine rings is 1. The zero-order chi connectivity index (χ0) is 18.7. The molecule has 3 rings (SSSR count). The molecule has 0 aliphatic heterocycles. The minimum atomic E-state index is -0.997. The van der Waals surface area contributed by atoms with Gasteiger partial charge in [0.25, 0.3) is 0 Å². The molecule has 1 heterocycles. The molecule has 3 aromatic rings. The van der Waals surface area contributed by atoms with E-state index >= 15 is 0 Å². The number of para-hydroxylation sites is 1. The molecule has 7 heteroatoms. The lowest BCUT2D eigenvalue weighted by molar-refractivity contribution is 0.0527. The summed E-state index contributed by atoms with van der Waals surface area (Å²) in [5.74, 6) is -2.01. The van der Waals surface area contributed by atoms with Gasteiger partial charge in [-0.1, -0.05) is 12.1 Å². The molecule has 0 bridgehead atoms. The second-order valence-electron chi connectivity index (χ2n) is 5.38. The lowest BCUT2D eigenvalue weighted by Crippen LogP contribution is -2.09. The van der Waals surface area contributed by atoms with Crippen molar-refractivity contribution in [1.29, 1.82) is 0 Å². The lowest BCUT2D eigenvalue weighted by Gasteiger charge is -2.15. The third-order valence-electron chi connectivity index (χ3n) is 3.76. The van der Waals surface area contributed by atoms with E-state index in [0.717, 1.165) is 12.1 Å². The van der Waals surface area contributed by atoms with Crippen LogP contribution >= 0.6 is 0 Å². The topological polar surface area (TPSA) is 60.5 Å². The Labute approximate surface area is 148 Å². The van der Waals surface area contributed by atoms with Crippen LogP contribution in [0.3, 0.4) is 0 Å². The lowest BCUT2D eigenvalue weighted by atomic mass is 10.1. The first-order valence-electron chi connectivity index (χ1n) is 7.90. The summed E-state index contributed by atoms with van der Waals surface area (Å²) in [6, 6.07) is 8.62. The van der Waals surface area contributed by atoms with E-state index in [1.807, 2.05) is 0 Å². The van der Waals surface area contributed by atoms with E-state index in [-0.39, 0.29) is 17.9 Å². The standard InChI is InChI=1S/C19H16F2N2O3/c1-3-26-19(24)13-10-22-18-12(5-4-6-16(18)25-2)17(13)23-11-7-8-14(20)15(21)9-11/h4-10H,3H2,1-2H3,(H,22,23). The van der Waals surface area contributed by atoms with Gasteiger partial charge in [0.2, 0.25) is 0 Å². The molecule has 5 nitrogen and oxygen atoms in total. The summed E-state index contributed by atoms with van der Waals surface area (Å²) in [5.41, 5.74) is 1.36. The van der Waals surface area contributed by atoms with Crippen molar-refractivity contribution in [2.24, 2.45) is 0 Å². The van der Waals surface area contributed by atoms with E-state index in [0.29, 0.717) is 22.3 Å². The van der Waals surface area contributed by atoms with Gasteiger partial charge in [0.15, 0.2) is 11.6 Å². The SMILES string of the molecule is CCOC(=O)c1cnc2c(OC)cccc2c1Nc1ccc(F)c(F)c1. The highest BCUT2D eigenvalue weighted by Crippen LogP contribution is 2.34. The molecular weight excluding hydrogens is 342 g/mol. The quantitative estimate of drug-likeness (QED) is 0.683. The minimum Gasteiger partial charge on any atom is -0.494 e. The number of nitrogens with zero attached hydrogens (tertiary/aromatic N) is 1. The van der Waals surface area contributed by atoms with E-state index in [4.69, 9.17) is 9.47 Å². The van der Waals surface area contributed by atoms with Gasteiger partial charge in [0.05, 0.1) is 19.4 Å². The molecular formula is C19H16F2N2O3. The fraction of sp³-hybridized carbons (Fsp3) is 0.158. The molecule has 0 spiro atoms. The van der Waals surface area contributed by atoms with Gasteiger partial charge in [-0.3, -0.25) is 4.98 Å². The van der Waals surface area contributed by atoms with E-state index in [1.165, 1.54) is 19.4 Å². The number of esters is 1. The van der Waals surface area contributed by atoms with Crippen LogP contribution in [0.25, 0.3) is 10.9 Å². The number of methoxy groups -OCH3 is 1. The van der Waals surface area contributed by atoms with Gasteiger partial charge in [0, 0.05) is 23.3 Å². The largest absolute Gasteiger partial charge is 0.494 e. The Morgan fingerprint density at radius 3 is 2.69 bits per heavy atom. The predicted molar refractivity (Wildman–Crippen MR) is 93.9 cm³/mol. The van der Waals surface area contributed by atoms with Crippen LogP contribution in [0.5, 0.6) is 5.75 Å². The highest BCUT2D eigenvalue weighted by molar-refractivity contribution is 6.07. The minimum absolute atomic E-state index is 0.178.